The molecule has 2 nitrogen and oxygen atoms in total. The van der Waals surface area contributed by atoms with Crippen molar-refractivity contribution in [2.24, 2.45) is 11.8 Å². The number of carbonyl (C=O) groups excluding carboxylic acids is 1. The molecule has 16 heavy (non-hydrogen) atoms. The minimum Gasteiger partial charge on any atom is -0.356 e. The normalized spacial score (nSPS) is 17.7. The molecule has 0 heterocycles. The van der Waals surface area contributed by atoms with E-state index in [1.54, 1.807) is 0 Å². The second kappa shape index (κ2) is 7.70. The van der Waals surface area contributed by atoms with Gasteiger partial charge in [-0.1, -0.05) is 46.0 Å². The van der Waals surface area contributed by atoms with Crippen LogP contribution in [0.4, 0.5) is 0 Å². The van der Waals surface area contributed by atoms with E-state index in [0.717, 1.165) is 25.3 Å². The van der Waals surface area contributed by atoms with Gasteiger partial charge in [-0.25, -0.2) is 0 Å². The van der Waals surface area contributed by atoms with Crippen LogP contribution in [0, 0.1) is 11.8 Å². The highest BCUT2D eigenvalue weighted by molar-refractivity contribution is 5.75. The Morgan fingerprint density at radius 2 is 1.94 bits per heavy atom. The van der Waals surface area contributed by atoms with Crippen LogP contribution in [-0.4, -0.2) is 12.5 Å². The maximum Gasteiger partial charge on any atom is 0.220 e. The van der Waals surface area contributed by atoms with E-state index in [0.29, 0.717) is 5.92 Å². The zero-order valence-corrected chi connectivity index (χ0v) is 10.9. The summed E-state index contributed by atoms with van der Waals surface area (Å²) in [5.41, 5.74) is 0. The third-order valence-corrected chi connectivity index (χ3v) is 3.45. The number of nitrogens with one attached hydrogen (secondary N) is 1. The van der Waals surface area contributed by atoms with Crippen LogP contribution in [0.5, 0.6) is 0 Å². The Balaban J connectivity index is 1.99. The van der Waals surface area contributed by atoms with E-state index >= 15 is 0 Å². The van der Waals surface area contributed by atoms with Gasteiger partial charge < -0.3 is 5.32 Å². The number of hydrogen-bond acceptors (Lipinski definition) is 1. The molecule has 0 atom stereocenters. The average molecular weight is 225 g/mol. The highest BCUT2D eigenvalue weighted by Crippen LogP contribution is 2.27. The van der Waals surface area contributed by atoms with E-state index in [-0.39, 0.29) is 5.91 Å². The molecule has 1 saturated carbocycles. The topological polar surface area (TPSA) is 29.1 Å². The summed E-state index contributed by atoms with van der Waals surface area (Å²) >= 11 is 0. The molecule has 0 bridgehead atoms. The van der Waals surface area contributed by atoms with Crippen LogP contribution >= 0.6 is 0 Å². The van der Waals surface area contributed by atoms with Crippen LogP contribution in [-0.2, 0) is 4.79 Å². The molecule has 0 aromatic carbocycles. The van der Waals surface area contributed by atoms with Crippen LogP contribution in [0.1, 0.15) is 65.2 Å². The second-order valence-corrected chi connectivity index (χ2v) is 5.59. The molecule has 2 heteroatoms. The van der Waals surface area contributed by atoms with Crippen molar-refractivity contribution >= 4 is 5.91 Å². The summed E-state index contributed by atoms with van der Waals surface area (Å²) in [7, 11) is 0. The SMILES string of the molecule is CC(C)CNC(=O)CCCC1CCCCC1. The van der Waals surface area contributed by atoms with Crippen LogP contribution < -0.4 is 5.32 Å². The molecule has 1 amide bonds. The first-order valence-electron chi connectivity index (χ1n) is 6.95. The quantitative estimate of drug-likeness (QED) is 0.736. The Bertz CT molecular complexity index is 195. The molecule has 1 fully saturated rings. The van der Waals surface area contributed by atoms with Crippen molar-refractivity contribution in [2.75, 3.05) is 6.54 Å². The highest BCUT2D eigenvalue weighted by Gasteiger charge is 2.13. The third kappa shape index (κ3) is 6.14. The summed E-state index contributed by atoms with van der Waals surface area (Å²) in [5, 5.41) is 2.98. The van der Waals surface area contributed by atoms with Gasteiger partial charge in [-0.15, -0.1) is 0 Å². The molecule has 1 N–H and O–H groups in total. The first-order valence-corrected chi connectivity index (χ1v) is 6.95. The Kier molecular flexibility index (Phi) is 6.51. The summed E-state index contributed by atoms with van der Waals surface area (Å²) in [6, 6.07) is 0. The van der Waals surface area contributed by atoms with E-state index in [9.17, 15) is 4.79 Å². The smallest absolute Gasteiger partial charge is 0.220 e. The third-order valence-electron chi connectivity index (χ3n) is 3.45. The van der Waals surface area contributed by atoms with Crippen molar-refractivity contribution in [2.45, 2.75) is 65.2 Å². The fraction of sp³-hybridized carbons (Fsp3) is 0.929. The number of hydrogen-bond donors (Lipinski definition) is 1. The van der Waals surface area contributed by atoms with Crippen molar-refractivity contribution in [1.29, 1.82) is 0 Å². The summed E-state index contributed by atoms with van der Waals surface area (Å²) < 4.78 is 0. The molecule has 0 aliphatic heterocycles. The summed E-state index contributed by atoms with van der Waals surface area (Å²) in [6.45, 7) is 5.08. The van der Waals surface area contributed by atoms with E-state index in [1.807, 2.05) is 0 Å². The first kappa shape index (κ1) is 13.5. The Hall–Kier alpha value is -0.530. The van der Waals surface area contributed by atoms with Crippen LogP contribution in [0.25, 0.3) is 0 Å². The molecule has 0 spiro atoms. The standard InChI is InChI=1S/C14H27NO/c1-12(2)11-15-14(16)10-6-9-13-7-4-3-5-8-13/h12-13H,3-11H2,1-2H3,(H,15,16). The van der Waals surface area contributed by atoms with Gasteiger partial charge in [0.2, 0.25) is 5.91 Å². The lowest BCUT2D eigenvalue weighted by Gasteiger charge is -2.21. The molecule has 1 rings (SSSR count). The molecule has 0 unspecified atom stereocenters. The molecular formula is C14H27NO. The Labute approximate surface area is 100 Å². The van der Waals surface area contributed by atoms with Crippen LogP contribution in [0.3, 0.4) is 0 Å². The van der Waals surface area contributed by atoms with Gasteiger partial charge in [0.05, 0.1) is 0 Å². The molecule has 1 aliphatic carbocycles. The van der Waals surface area contributed by atoms with E-state index in [1.165, 1.54) is 38.5 Å². The molecular weight excluding hydrogens is 198 g/mol. The van der Waals surface area contributed by atoms with Gasteiger partial charge in [0.25, 0.3) is 0 Å². The van der Waals surface area contributed by atoms with Gasteiger partial charge in [-0.3, -0.25) is 4.79 Å². The molecule has 94 valence electrons. The minimum atomic E-state index is 0.240. The van der Waals surface area contributed by atoms with Crippen molar-refractivity contribution < 1.29 is 4.79 Å². The lowest BCUT2D eigenvalue weighted by molar-refractivity contribution is -0.121. The van der Waals surface area contributed by atoms with Gasteiger partial charge in [0.1, 0.15) is 0 Å². The average Bonchev–Trinajstić information content (AvgIpc) is 2.28. The maximum atomic E-state index is 11.5. The molecule has 0 saturated heterocycles. The highest BCUT2D eigenvalue weighted by atomic mass is 16.1. The fourth-order valence-corrected chi connectivity index (χ4v) is 2.43. The van der Waals surface area contributed by atoms with Crippen molar-refractivity contribution in [3.63, 3.8) is 0 Å². The minimum absolute atomic E-state index is 0.240. The van der Waals surface area contributed by atoms with Crippen LogP contribution in [0.15, 0.2) is 0 Å². The van der Waals surface area contributed by atoms with Gasteiger partial charge in [-0.2, -0.15) is 0 Å². The number of carbonyl (C=O) groups is 1. The van der Waals surface area contributed by atoms with Crippen LogP contribution in [0.2, 0.25) is 0 Å². The van der Waals surface area contributed by atoms with E-state index < -0.39 is 0 Å². The monoisotopic (exact) mass is 225 g/mol. The van der Waals surface area contributed by atoms with Crippen molar-refractivity contribution in [3.8, 4) is 0 Å². The van der Waals surface area contributed by atoms with Crippen molar-refractivity contribution in [1.82, 2.24) is 5.32 Å². The van der Waals surface area contributed by atoms with E-state index in [2.05, 4.69) is 19.2 Å². The summed E-state index contributed by atoms with van der Waals surface area (Å²) in [4.78, 5) is 11.5. The lowest BCUT2D eigenvalue weighted by Crippen LogP contribution is -2.27. The lowest BCUT2D eigenvalue weighted by atomic mass is 9.86. The predicted molar refractivity (Wildman–Crippen MR) is 68.3 cm³/mol. The fourth-order valence-electron chi connectivity index (χ4n) is 2.43. The van der Waals surface area contributed by atoms with Gasteiger partial charge >= 0.3 is 0 Å². The van der Waals surface area contributed by atoms with Gasteiger partial charge in [0, 0.05) is 13.0 Å². The number of rotatable bonds is 6. The van der Waals surface area contributed by atoms with Crippen molar-refractivity contribution in [3.05, 3.63) is 0 Å². The zero-order chi connectivity index (χ0) is 11.8. The largest absolute Gasteiger partial charge is 0.356 e. The maximum absolute atomic E-state index is 11.5. The molecule has 1 aliphatic rings. The van der Waals surface area contributed by atoms with Gasteiger partial charge in [-0.05, 0) is 24.7 Å². The van der Waals surface area contributed by atoms with Gasteiger partial charge in [0.15, 0.2) is 0 Å². The molecule has 0 aromatic rings. The molecule has 0 aromatic heterocycles. The summed E-state index contributed by atoms with van der Waals surface area (Å²) in [6.07, 6.45) is 10.1. The summed E-state index contributed by atoms with van der Waals surface area (Å²) in [5.74, 6) is 1.71. The first-order chi connectivity index (χ1) is 7.68. The van der Waals surface area contributed by atoms with E-state index in [4.69, 9.17) is 0 Å². The molecule has 0 radical (unpaired) electrons. The Morgan fingerprint density at radius 1 is 1.25 bits per heavy atom. The second-order valence-electron chi connectivity index (χ2n) is 5.59. The Morgan fingerprint density at radius 3 is 2.56 bits per heavy atom. The zero-order valence-electron chi connectivity index (χ0n) is 10.9. The number of amides is 1. The predicted octanol–water partition coefficient (Wildman–Crippen LogP) is 3.51.